The molecule has 0 radical (unpaired) electrons. The second-order valence-electron chi connectivity index (χ2n) is 2.93. The Morgan fingerprint density at radius 1 is 1.67 bits per heavy atom. The van der Waals surface area contributed by atoms with E-state index in [9.17, 15) is 4.79 Å². The molecule has 0 atom stereocenters. The Morgan fingerprint density at radius 3 is 2.50 bits per heavy atom. The van der Waals surface area contributed by atoms with Crippen LogP contribution >= 0.6 is 12.2 Å². The highest BCUT2D eigenvalue weighted by molar-refractivity contribution is 7.80. The van der Waals surface area contributed by atoms with Crippen LogP contribution in [-0.4, -0.2) is 35.6 Å². The van der Waals surface area contributed by atoms with Gasteiger partial charge in [-0.25, -0.2) is 4.79 Å². The summed E-state index contributed by atoms with van der Waals surface area (Å²) in [7, 11) is 1.65. The summed E-state index contributed by atoms with van der Waals surface area (Å²) in [5.41, 5.74) is 5.27. The van der Waals surface area contributed by atoms with E-state index in [1.807, 2.05) is 13.8 Å². The third kappa shape index (κ3) is 4.90. The van der Waals surface area contributed by atoms with Gasteiger partial charge in [-0.1, -0.05) is 12.2 Å². The summed E-state index contributed by atoms with van der Waals surface area (Å²) in [6, 6.07) is -0.0240. The first kappa shape index (κ1) is 11.2. The van der Waals surface area contributed by atoms with Crippen molar-refractivity contribution in [1.29, 1.82) is 0 Å². The molecule has 2 amide bonds. The third-order valence-electron chi connectivity index (χ3n) is 1.15. The number of nitrogens with two attached hydrogens (primary N) is 1. The number of nitrogens with one attached hydrogen (secondary N) is 1. The van der Waals surface area contributed by atoms with Crippen LogP contribution in [-0.2, 0) is 0 Å². The van der Waals surface area contributed by atoms with Crippen molar-refractivity contribution in [2.45, 2.75) is 19.9 Å². The molecule has 0 spiro atoms. The van der Waals surface area contributed by atoms with Gasteiger partial charge in [0.05, 0.1) is 11.5 Å². The van der Waals surface area contributed by atoms with Crippen molar-refractivity contribution in [3.8, 4) is 0 Å². The first-order chi connectivity index (χ1) is 5.43. The average Bonchev–Trinajstić information content (AvgIpc) is 1.84. The fraction of sp³-hybridized carbons (Fsp3) is 0.714. The second-order valence-corrected chi connectivity index (χ2v) is 3.45. The minimum atomic E-state index is -0.155. The molecule has 0 bridgehead atoms. The maximum Gasteiger partial charge on any atom is 0.317 e. The van der Waals surface area contributed by atoms with Crippen LogP contribution in [0.1, 0.15) is 13.8 Å². The third-order valence-corrected chi connectivity index (χ3v) is 1.28. The van der Waals surface area contributed by atoms with Gasteiger partial charge in [-0.2, -0.15) is 0 Å². The number of rotatable bonds is 3. The highest BCUT2D eigenvalue weighted by Gasteiger charge is 2.09. The monoisotopic (exact) mass is 189 g/mol. The van der Waals surface area contributed by atoms with Gasteiger partial charge in [0, 0.05) is 13.1 Å². The number of likely N-dealkylation sites (N-methyl/N-ethyl adjacent to an activating group) is 1. The minimum Gasteiger partial charge on any atom is -0.392 e. The van der Waals surface area contributed by atoms with Gasteiger partial charge < -0.3 is 16.0 Å². The Balaban J connectivity index is 3.85. The fourth-order valence-electron chi connectivity index (χ4n) is 0.663. The molecule has 0 unspecified atom stereocenters. The summed E-state index contributed by atoms with van der Waals surface area (Å²) in [5.74, 6) is 0. The van der Waals surface area contributed by atoms with Crippen LogP contribution in [0.25, 0.3) is 0 Å². The minimum absolute atomic E-state index is 0.131. The molecule has 0 aromatic heterocycles. The van der Waals surface area contributed by atoms with Crippen molar-refractivity contribution in [2.24, 2.45) is 5.73 Å². The molecule has 0 saturated carbocycles. The van der Waals surface area contributed by atoms with Crippen LogP contribution < -0.4 is 11.1 Å². The lowest BCUT2D eigenvalue weighted by Crippen LogP contribution is -2.43. The van der Waals surface area contributed by atoms with Crippen LogP contribution in [0.4, 0.5) is 4.79 Å². The van der Waals surface area contributed by atoms with E-state index in [2.05, 4.69) is 17.5 Å². The van der Waals surface area contributed by atoms with Crippen LogP contribution in [0.15, 0.2) is 0 Å². The van der Waals surface area contributed by atoms with Crippen LogP contribution in [0.5, 0.6) is 0 Å². The van der Waals surface area contributed by atoms with Gasteiger partial charge in [-0.05, 0) is 13.8 Å². The Kier molecular flexibility index (Phi) is 4.58. The second kappa shape index (κ2) is 4.92. The largest absolute Gasteiger partial charge is 0.392 e. The molecule has 4 nitrogen and oxygen atoms in total. The van der Waals surface area contributed by atoms with Gasteiger partial charge in [0.1, 0.15) is 0 Å². The van der Waals surface area contributed by atoms with E-state index in [1.165, 1.54) is 4.90 Å². The van der Waals surface area contributed by atoms with Crippen molar-refractivity contribution in [3.05, 3.63) is 0 Å². The normalized spacial score (nSPS) is 9.67. The lowest BCUT2D eigenvalue weighted by molar-refractivity contribution is 0.212. The van der Waals surface area contributed by atoms with Crippen molar-refractivity contribution in [1.82, 2.24) is 10.2 Å². The highest BCUT2D eigenvalue weighted by atomic mass is 32.1. The van der Waals surface area contributed by atoms with E-state index in [-0.39, 0.29) is 12.1 Å². The first-order valence-corrected chi connectivity index (χ1v) is 4.14. The molecule has 70 valence electrons. The number of amides is 2. The zero-order valence-electron chi connectivity index (χ0n) is 7.63. The summed E-state index contributed by atoms with van der Waals surface area (Å²) in [5, 5.41) is 2.72. The molecule has 0 aliphatic heterocycles. The average molecular weight is 189 g/mol. The van der Waals surface area contributed by atoms with Gasteiger partial charge in [0.2, 0.25) is 0 Å². The fourth-order valence-corrected chi connectivity index (χ4v) is 0.856. The Morgan fingerprint density at radius 2 is 2.17 bits per heavy atom. The summed E-state index contributed by atoms with van der Waals surface area (Å²) in [6.45, 7) is 4.10. The molecule has 0 saturated heterocycles. The molecule has 0 aliphatic carbocycles. The molecular weight excluding hydrogens is 174 g/mol. The molecule has 0 fully saturated rings. The topological polar surface area (TPSA) is 58.4 Å². The molecule has 0 heterocycles. The predicted octanol–water partition coefficient (Wildman–Crippen LogP) is 0.322. The summed E-state index contributed by atoms with van der Waals surface area (Å²) >= 11 is 4.66. The Bertz CT molecular complexity index is 181. The van der Waals surface area contributed by atoms with E-state index in [0.29, 0.717) is 11.5 Å². The van der Waals surface area contributed by atoms with Gasteiger partial charge in [-0.15, -0.1) is 0 Å². The Hall–Kier alpha value is -0.840. The van der Waals surface area contributed by atoms with Gasteiger partial charge >= 0.3 is 6.03 Å². The van der Waals surface area contributed by atoms with Crippen molar-refractivity contribution < 1.29 is 4.79 Å². The molecule has 0 aromatic rings. The number of hydrogen-bond donors (Lipinski definition) is 2. The zero-order chi connectivity index (χ0) is 9.72. The summed E-state index contributed by atoms with van der Waals surface area (Å²) in [6.07, 6.45) is 0. The number of urea groups is 1. The Labute approximate surface area is 78.1 Å². The van der Waals surface area contributed by atoms with E-state index in [0.717, 1.165) is 0 Å². The lowest BCUT2D eigenvalue weighted by atomic mass is 10.4. The van der Waals surface area contributed by atoms with Crippen molar-refractivity contribution >= 4 is 23.2 Å². The van der Waals surface area contributed by atoms with E-state index in [1.54, 1.807) is 7.05 Å². The standard InChI is InChI=1S/C7H15N3OS/c1-5(2)9-7(11)10(3)4-6(8)12/h5H,4H2,1-3H3,(H2,8,12)(H,9,11). The number of nitrogens with zero attached hydrogens (tertiary/aromatic N) is 1. The van der Waals surface area contributed by atoms with E-state index < -0.39 is 0 Å². The maximum absolute atomic E-state index is 11.2. The maximum atomic E-state index is 11.2. The smallest absolute Gasteiger partial charge is 0.317 e. The zero-order valence-corrected chi connectivity index (χ0v) is 8.44. The van der Waals surface area contributed by atoms with Crippen LogP contribution in [0, 0.1) is 0 Å². The molecular formula is C7H15N3OS. The quantitative estimate of drug-likeness (QED) is 0.629. The number of hydrogen-bond acceptors (Lipinski definition) is 2. The van der Waals surface area contributed by atoms with Crippen LogP contribution in [0.3, 0.4) is 0 Å². The summed E-state index contributed by atoms with van der Waals surface area (Å²) in [4.78, 5) is 13.0. The molecule has 3 N–H and O–H groups in total. The van der Waals surface area contributed by atoms with Gasteiger partial charge in [0.15, 0.2) is 0 Å². The van der Waals surface area contributed by atoms with Crippen molar-refractivity contribution in [2.75, 3.05) is 13.6 Å². The molecule has 0 aliphatic rings. The first-order valence-electron chi connectivity index (χ1n) is 3.73. The summed E-state index contributed by atoms with van der Waals surface area (Å²) < 4.78 is 0. The number of carbonyl (C=O) groups excluding carboxylic acids is 1. The lowest BCUT2D eigenvalue weighted by Gasteiger charge is -2.18. The molecule has 12 heavy (non-hydrogen) atoms. The van der Waals surface area contributed by atoms with E-state index >= 15 is 0 Å². The van der Waals surface area contributed by atoms with Gasteiger partial charge in [-0.3, -0.25) is 0 Å². The predicted molar refractivity (Wildman–Crippen MR) is 53.1 cm³/mol. The SMILES string of the molecule is CC(C)NC(=O)N(C)CC(N)=S. The van der Waals surface area contributed by atoms with Crippen molar-refractivity contribution in [3.63, 3.8) is 0 Å². The van der Waals surface area contributed by atoms with Crippen LogP contribution in [0.2, 0.25) is 0 Å². The van der Waals surface area contributed by atoms with Gasteiger partial charge in [0.25, 0.3) is 0 Å². The number of thiocarbonyl (C=S) groups is 1. The number of carbonyl (C=O) groups is 1. The molecule has 0 rings (SSSR count). The molecule has 0 aromatic carbocycles. The highest BCUT2D eigenvalue weighted by Crippen LogP contribution is 1.86. The molecule has 5 heteroatoms. The van der Waals surface area contributed by atoms with E-state index in [4.69, 9.17) is 5.73 Å².